The molecule has 1 saturated heterocycles. The summed E-state index contributed by atoms with van der Waals surface area (Å²) in [5, 5.41) is 5.85. The molecule has 1 fully saturated rings. The van der Waals surface area contributed by atoms with Crippen LogP contribution in [0.1, 0.15) is 17.2 Å². The van der Waals surface area contributed by atoms with Gasteiger partial charge in [-0.15, -0.1) is 0 Å². The predicted octanol–water partition coefficient (Wildman–Crippen LogP) is 3.11. The van der Waals surface area contributed by atoms with Gasteiger partial charge in [0.25, 0.3) is 0 Å². The van der Waals surface area contributed by atoms with Crippen LogP contribution in [0.15, 0.2) is 54.6 Å². The van der Waals surface area contributed by atoms with Crippen LogP contribution in [0.4, 0.5) is 10.5 Å². The molecule has 2 aromatic rings. The van der Waals surface area contributed by atoms with Crippen LogP contribution >= 0.6 is 0 Å². The quantitative estimate of drug-likeness (QED) is 0.869. The number of aryl methyl sites for hydroxylation is 1. The summed E-state index contributed by atoms with van der Waals surface area (Å²) in [6.07, 6.45) is 0. The third-order valence-corrected chi connectivity index (χ3v) is 4.87. The number of rotatable bonds is 5. The number of hydrogen-bond acceptors (Lipinski definition) is 3. The summed E-state index contributed by atoms with van der Waals surface area (Å²) in [7, 11) is 2.17. The van der Waals surface area contributed by atoms with Gasteiger partial charge in [-0.3, -0.25) is 4.90 Å². The van der Waals surface area contributed by atoms with E-state index in [1.54, 1.807) is 0 Å². The molecule has 0 spiro atoms. The predicted molar refractivity (Wildman–Crippen MR) is 106 cm³/mol. The molecule has 5 nitrogen and oxygen atoms in total. The number of nitrogens with zero attached hydrogens (tertiary/aromatic N) is 2. The zero-order valence-corrected chi connectivity index (χ0v) is 15.6. The topological polar surface area (TPSA) is 47.6 Å². The Labute approximate surface area is 156 Å². The van der Waals surface area contributed by atoms with Gasteiger partial charge in [0, 0.05) is 44.5 Å². The van der Waals surface area contributed by atoms with Crippen molar-refractivity contribution in [1.82, 2.24) is 15.1 Å². The van der Waals surface area contributed by atoms with Crippen molar-refractivity contribution in [3.8, 4) is 0 Å². The zero-order valence-electron chi connectivity index (χ0n) is 15.6. The molecular weight excluding hydrogens is 324 g/mol. The molecule has 2 aromatic carbocycles. The maximum Gasteiger partial charge on any atom is 0.319 e. The first-order valence-electron chi connectivity index (χ1n) is 9.21. The van der Waals surface area contributed by atoms with Crippen LogP contribution in [0, 0.1) is 6.92 Å². The Morgan fingerprint density at radius 3 is 2.54 bits per heavy atom. The second-order valence-corrected chi connectivity index (χ2v) is 6.97. The second kappa shape index (κ2) is 8.83. The lowest BCUT2D eigenvalue weighted by molar-refractivity contribution is 0.0913. The van der Waals surface area contributed by atoms with Crippen LogP contribution < -0.4 is 10.6 Å². The Morgan fingerprint density at radius 1 is 1.08 bits per heavy atom. The van der Waals surface area contributed by atoms with Gasteiger partial charge in [-0.2, -0.15) is 0 Å². The third-order valence-electron chi connectivity index (χ3n) is 4.87. The van der Waals surface area contributed by atoms with E-state index in [1.807, 2.05) is 31.2 Å². The van der Waals surface area contributed by atoms with Crippen LogP contribution in [-0.2, 0) is 0 Å². The van der Waals surface area contributed by atoms with Gasteiger partial charge in [0.15, 0.2) is 0 Å². The molecule has 0 aliphatic carbocycles. The van der Waals surface area contributed by atoms with E-state index in [9.17, 15) is 4.79 Å². The largest absolute Gasteiger partial charge is 0.337 e. The van der Waals surface area contributed by atoms with Crippen LogP contribution in [0.25, 0.3) is 0 Å². The minimum absolute atomic E-state index is 0.153. The lowest BCUT2D eigenvalue weighted by Gasteiger charge is -2.40. The fourth-order valence-electron chi connectivity index (χ4n) is 3.34. The molecule has 0 aromatic heterocycles. The van der Waals surface area contributed by atoms with E-state index in [1.165, 1.54) is 11.1 Å². The molecule has 1 aliphatic heterocycles. The summed E-state index contributed by atoms with van der Waals surface area (Å²) in [6, 6.07) is 18.7. The normalized spacial score (nSPS) is 18.5. The summed E-state index contributed by atoms with van der Waals surface area (Å²) in [6.45, 7) is 6.58. The molecule has 1 aliphatic rings. The minimum Gasteiger partial charge on any atom is -0.337 e. The molecule has 0 unspecified atom stereocenters. The van der Waals surface area contributed by atoms with Gasteiger partial charge in [-0.1, -0.05) is 48.0 Å². The Morgan fingerprint density at radius 2 is 1.81 bits per heavy atom. The number of carbonyl (C=O) groups is 1. The summed E-state index contributed by atoms with van der Waals surface area (Å²) >= 11 is 0. The van der Waals surface area contributed by atoms with Crippen molar-refractivity contribution in [2.75, 3.05) is 45.1 Å². The molecule has 1 atom stereocenters. The highest BCUT2D eigenvalue weighted by Crippen LogP contribution is 2.24. The number of amides is 2. The number of piperazine rings is 1. The Balaban J connectivity index is 1.50. The summed E-state index contributed by atoms with van der Waals surface area (Å²) in [4.78, 5) is 16.9. The molecule has 138 valence electrons. The Bertz CT molecular complexity index is 702. The molecule has 0 radical (unpaired) electrons. The Kier molecular flexibility index (Phi) is 6.26. The smallest absolute Gasteiger partial charge is 0.319 e. The number of likely N-dealkylation sites (N-methyl/N-ethyl adjacent to an activating group) is 1. The minimum atomic E-state index is -0.153. The van der Waals surface area contributed by atoms with E-state index in [4.69, 9.17) is 0 Å². The van der Waals surface area contributed by atoms with Gasteiger partial charge in [0.1, 0.15) is 0 Å². The van der Waals surface area contributed by atoms with Gasteiger partial charge in [0.05, 0.1) is 0 Å². The number of carbonyl (C=O) groups excluding carboxylic acids is 1. The van der Waals surface area contributed by atoms with Crippen LogP contribution in [0.5, 0.6) is 0 Å². The fourth-order valence-corrected chi connectivity index (χ4v) is 3.34. The van der Waals surface area contributed by atoms with Crippen molar-refractivity contribution >= 4 is 11.7 Å². The van der Waals surface area contributed by atoms with Crippen LogP contribution in [-0.4, -0.2) is 55.6 Å². The molecule has 2 N–H and O–H groups in total. The highest BCUT2D eigenvalue weighted by molar-refractivity contribution is 5.89. The first kappa shape index (κ1) is 18.4. The SMILES string of the molecule is Cc1ccc(NC(=O)NCCN2CCN(C)C[C@@H]2c2ccccc2)cc1. The average molecular weight is 352 g/mol. The van der Waals surface area contributed by atoms with Crippen molar-refractivity contribution in [3.63, 3.8) is 0 Å². The van der Waals surface area contributed by atoms with E-state index >= 15 is 0 Å². The highest BCUT2D eigenvalue weighted by atomic mass is 16.2. The van der Waals surface area contributed by atoms with Crippen LogP contribution in [0.3, 0.4) is 0 Å². The van der Waals surface area contributed by atoms with E-state index in [-0.39, 0.29) is 6.03 Å². The molecule has 26 heavy (non-hydrogen) atoms. The number of anilines is 1. The maximum absolute atomic E-state index is 12.1. The second-order valence-electron chi connectivity index (χ2n) is 6.97. The van der Waals surface area contributed by atoms with E-state index < -0.39 is 0 Å². The van der Waals surface area contributed by atoms with Gasteiger partial charge in [-0.05, 0) is 31.7 Å². The number of benzene rings is 2. The molecule has 1 heterocycles. The maximum atomic E-state index is 12.1. The zero-order chi connectivity index (χ0) is 18.4. The highest BCUT2D eigenvalue weighted by Gasteiger charge is 2.26. The molecule has 0 bridgehead atoms. The molecule has 3 rings (SSSR count). The fraction of sp³-hybridized carbons (Fsp3) is 0.381. The summed E-state index contributed by atoms with van der Waals surface area (Å²) in [5.41, 5.74) is 3.33. The van der Waals surface area contributed by atoms with Gasteiger partial charge in [0.2, 0.25) is 0 Å². The van der Waals surface area contributed by atoms with Crippen molar-refractivity contribution in [3.05, 3.63) is 65.7 Å². The Hall–Kier alpha value is -2.37. The molecule has 5 heteroatoms. The standard InChI is InChI=1S/C21H28N4O/c1-17-8-10-19(11-9-17)23-21(26)22-12-13-25-15-14-24(2)16-20(25)18-6-4-3-5-7-18/h3-11,20H,12-16H2,1-2H3,(H2,22,23,26)/t20-/m1/s1. The van der Waals surface area contributed by atoms with Crippen molar-refractivity contribution in [2.45, 2.75) is 13.0 Å². The molecule has 2 amide bonds. The van der Waals surface area contributed by atoms with Gasteiger partial charge < -0.3 is 15.5 Å². The monoisotopic (exact) mass is 352 g/mol. The molecular formula is C21H28N4O. The van der Waals surface area contributed by atoms with Gasteiger partial charge in [-0.25, -0.2) is 4.79 Å². The van der Waals surface area contributed by atoms with E-state index in [2.05, 4.69) is 57.8 Å². The number of urea groups is 1. The van der Waals surface area contributed by atoms with Crippen molar-refractivity contribution in [1.29, 1.82) is 0 Å². The first-order chi connectivity index (χ1) is 12.6. The lowest BCUT2D eigenvalue weighted by atomic mass is 10.0. The van der Waals surface area contributed by atoms with Crippen molar-refractivity contribution < 1.29 is 4.79 Å². The van der Waals surface area contributed by atoms with E-state index in [0.717, 1.165) is 31.9 Å². The number of nitrogens with one attached hydrogen (secondary N) is 2. The summed E-state index contributed by atoms with van der Waals surface area (Å²) < 4.78 is 0. The lowest BCUT2D eigenvalue weighted by Crippen LogP contribution is -2.49. The third kappa shape index (κ3) is 5.07. The first-order valence-corrected chi connectivity index (χ1v) is 9.21. The van der Waals surface area contributed by atoms with Crippen LogP contribution in [0.2, 0.25) is 0 Å². The van der Waals surface area contributed by atoms with E-state index in [0.29, 0.717) is 12.6 Å². The molecule has 0 saturated carbocycles. The van der Waals surface area contributed by atoms with Crippen molar-refractivity contribution in [2.24, 2.45) is 0 Å². The number of hydrogen-bond donors (Lipinski definition) is 2. The van der Waals surface area contributed by atoms with Gasteiger partial charge >= 0.3 is 6.03 Å². The summed E-state index contributed by atoms with van der Waals surface area (Å²) in [5.74, 6) is 0. The average Bonchev–Trinajstić information content (AvgIpc) is 2.65.